The molecular formula is C25H26N6. The minimum atomic E-state index is 0.430. The minimum Gasteiger partial charge on any atom is -0.314 e. The molecule has 1 aromatic carbocycles. The van der Waals surface area contributed by atoms with Crippen molar-refractivity contribution < 1.29 is 0 Å². The van der Waals surface area contributed by atoms with Crippen molar-refractivity contribution in [2.24, 2.45) is 0 Å². The second-order valence-electron chi connectivity index (χ2n) is 7.77. The Morgan fingerprint density at radius 3 is 2.65 bits per heavy atom. The van der Waals surface area contributed by atoms with Crippen LogP contribution in [0.2, 0.25) is 0 Å². The molecular weight excluding hydrogens is 384 g/mol. The van der Waals surface area contributed by atoms with Crippen LogP contribution in [-0.2, 0) is 0 Å². The third kappa shape index (κ3) is 4.00. The van der Waals surface area contributed by atoms with Crippen molar-refractivity contribution in [1.29, 1.82) is 0 Å². The summed E-state index contributed by atoms with van der Waals surface area (Å²) >= 11 is 0. The molecule has 6 nitrogen and oxygen atoms in total. The summed E-state index contributed by atoms with van der Waals surface area (Å²) in [6, 6.07) is 19.3. The third-order valence-corrected chi connectivity index (χ3v) is 5.98. The molecule has 0 radical (unpaired) electrons. The smallest absolute Gasteiger partial charge is 0.0912 e. The summed E-state index contributed by atoms with van der Waals surface area (Å²) in [5.41, 5.74) is 7.28. The standard InChI is InChI=1S/C25H26N6/c1-2-31-14-13-26-17-24(31)19-8-6-18(7-9-19)23-15-20(10-12-28-23)21-16-29-30-25(21)22-5-3-4-11-27-22/h3-12,15-16,24,26H,2,13-14,17H2,1H3,(H,29,30). The Morgan fingerprint density at radius 2 is 1.84 bits per heavy atom. The highest BCUT2D eigenvalue weighted by Crippen LogP contribution is 2.31. The van der Waals surface area contributed by atoms with Gasteiger partial charge in [-0.05, 0) is 41.9 Å². The van der Waals surface area contributed by atoms with Gasteiger partial charge in [0.05, 0.1) is 23.3 Å². The van der Waals surface area contributed by atoms with Gasteiger partial charge in [0, 0.05) is 49.2 Å². The molecule has 3 aromatic heterocycles. The van der Waals surface area contributed by atoms with Crippen LogP contribution < -0.4 is 5.32 Å². The number of nitrogens with one attached hydrogen (secondary N) is 2. The van der Waals surface area contributed by atoms with Gasteiger partial charge < -0.3 is 5.32 Å². The number of H-pyrrole nitrogens is 1. The zero-order valence-electron chi connectivity index (χ0n) is 17.6. The Kier molecular flexibility index (Phi) is 5.56. The number of piperazine rings is 1. The van der Waals surface area contributed by atoms with Gasteiger partial charge in [0.2, 0.25) is 0 Å². The maximum Gasteiger partial charge on any atom is 0.0912 e. The number of rotatable bonds is 5. The maximum absolute atomic E-state index is 4.63. The number of aromatic amines is 1. The number of nitrogens with zero attached hydrogens (tertiary/aromatic N) is 4. The van der Waals surface area contributed by atoms with Crippen molar-refractivity contribution in [3.05, 3.63) is 78.8 Å². The Hall–Kier alpha value is -3.35. The van der Waals surface area contributed by atoms with Crippen LogP contribution >= 0.6 is 0 Å². The summed E-state index contributed by atoms with van der Waals surface area (Å²) in [5.74, 6) is 0. The molecule has 0 aliphatic carbocycles. The van der Waals surface area contributed by atoms with Gasteiger partial charge in [-0.25, -0.2) is 0 Å². The van der Waals surface area contributed by atoms with Crippen LogP contribution in [0.5, 0.6) is 0 Å². The predicted molar refractivity (Wildman–Crippen MR) is 123 cm³/mol. The van der Waals surface area contributed by atoms with Gasteiger partial charge in [0.15, 0.2) is 0 Å². The zero-order valence-corrected chi connectivity index (χ0v) is 17.6. The highest BCUT2D eigenvalue weighted by Gasteiger charge is 2.22. The normalized spacial score (nSPS) is 17.0. The molecule has 2 N–H and O–H groups in total. The van der Waals surface area contributed by atoms with Crippen molar-refractivity contribution in [2.45, 2.75) is 13.0 Å². The van der Waals surface area contributed by atoms with Crippen LogP contribution in [0.15, 0.2) is 73.2 Å². The highest BCUT2D eigenvalue weighted by atomic mass is 15.2. The monoisotopic (exact) mass is 410 g/mol. The van der Waals surface area contributed by atoms with E-state index in [0.717, 1.165) is 60.0 Å². The van der Waals surface area contributed by atoms with Crippen LogP contribution in [0.3, 0.4) is 0 Å². The van der Waals surface area contributed by atoms with Gasteiger partial charge in [-0.1, -0.05) is 37.3 Å². The molecule has 0 spiro atoms. The van der Waals surface area contributed by atoms with Crippen LogP contribution in [0.4, 0.5) is 0 Å². The predicted octanol–water partition coefficient (Wildman–Crippen LogP) is 4.17. The first-order valence-corrected chi connectivity index (χ1v) is 10.8. The number of benzene rings is 1. The molecule has 0 bridgehead atoms. The Labute approximate surface area is 182 Å². The summed E-state index contributed by atoms with van der Waals surface area (Å²) < 4.78 is 0. The number of pyridine rings is 2. The maximum atomic E-state index is 4.63. The number of aromatic nitrogens is 4. The molecule has 4 aromatic rings. The van der Waals surface area contributed by atoms with E-state index in [0.29, 0.717) is 6.04 Å². The summed E-state index contributed by atoms with van der Waals surface area (Å²) in [7, 11) is 0. The summed E-state index contributed by atoms with van der Waals surface area (Å²) in [6.45, 7) is 6.46. The lowest BCUT2D eigenvalue weighted by Gasteiger charge is -2.35. The van der Waals surface area contributed by atoms with Gasteiger partial charge in [-0.3, -0.25) is 20.0 Å². The lowest BCUT2D eigenvalue weighted by atomic mass is 9.99. The fourth-order valence-corrected chi connectivity index (χ4v) is 4.30. The van der Waals surface area contributed by atoms with E-state index in [2.05, 4.69) is 67.6 Å². The zero-order chi connectivity index (χ0) is 21.0. The molecule has 4 heterocycles. The quantitative estimate of drug-likeness (QED) is 0.517. The van der Waals surface area contributed by atoms with Gasteiger partial charge in [-0.15, -0.1) is 0 Å². The number of likely N-dealkylation sites (N-methyl/N-ethyl adjacent to an activating group) is 1. The van der Waals surface area contributed by atoms with Crippen molar-refractivity contribution >= 4 is 0 Å². The first kappa shape index (κ1) is 19.6. The van der Waals surface area contributed by atoms with Crippen molar-refractivity contribution in [3.8, 4) is 33.8 Å². The highest BCUT2D eigenvalue weighted by molar-refractivity contribution is 5.80. The first-order chi connectivity index (χ1) is 15.3. The molecule has 1 atom stereocenters. The van der Waals surface area contributed by atoms with E-state index >= 15 is 0 Å². The van der Waals surface area contributed by atoms with Crippen LogP contribution in [-0.4, -0.2) is 51.2 Å². The second-order valence-corrected chi connectivity index (χ2v) is 7.77. The molecule has 1 saturated heterocycles. The third-order valence-electron chi connectivity index (χ3n) is 5.98. The largest absolute Gasteiger partial charge is 0.314 e. The van der Waals surface area contributed by atoms with Gasteiger partial charge in [0.1, 0.15) is 0 Å². The summed E-state index contributed by atoms with van der Waals surface area (Å²) in [4.78, 5) is 11.6. The summed E-state index contributed by atoms with van der Waals surface area (Å²) in [5, 5.41) is 10.9. The minimum absolute atomic E-state index is 0.430. The average molecular weight is 411 g/mol. The molecule has 31 heavy (non-hydrogen) atoms. The summed E-state index contributed by atoms with van der Waals surface area (Å²) in [6.07, 6.45) is 5.50. The van der Waals surface area contributed by atoms with E-state index in [-0.39, 0.29) is 0 Å². The van der Waals surface area contributed by atoms with Crippen molar-refractivity contribution in [1.82, 2.24) is 30.4 Å². The molecule has 6 heteroatoms. The van der Waals surface area contributed by atoms with E-state index < -0.39 is 0 Å². The van der Waals surface area contributed by atoms with E-state index in [1.54, 1.807) is 6.20 Å². The number of hydrogen-bond acceptors (Lipinski definition) is 5. The lowest BCUT2D eigenvalue weighted by Crippen LogP contribution is -2.45. The fraction of sp³-hybridized carbons (Fsp3) is 0.240. The van der Waals surface area contributed by atoms with E-state index in [9.17, 15) is 0 Å². The van der Waals surface area contributed by atoms with E-state index in [1.807, 2.05) is 36.7 Å². The fourth-order valence-electron chi connectivity index (χ4n) is 4.30. The molecule has 0 saturated carbocycles. The average Bonchev–Trinajstić information content (AvgIpc) is 3.35. The van der Waals surface area contributed by atoms with E-state index in [1.165, 1.54) is 5.56 Å². The van der Waals surface area contributed by atoms with Crippen LogP contribution in [0.25, 0.3) is 33.8 Å². The molecule has 1 fully saturated rings. The molecule has 0 amide bonds. The van der Waals surface area contributed by atoms with Crippen LogP contribution in [0, 0.1) is 0 Å². The Morgan fingerprint density at radius 1 is 0.968 bits per heavy atom. The van der Waals surface area contributed by atoms with Gasteiger partial charge in [0.25, 0.3) is 0 Å². The molecule has 1 aliphatic heterocycles. The van der Waals surface area contributed by atoms with Crippen LogP contribution in [0.1, 0.15) is 18.5 Å². The molecule has 1 unspecified atom stereocenters. The van der Waals surface area contributed by atoms with E-state index in [4.69, 9.17) is 0 Å². The lowest BCUT2D eigenvalue weighted by molar-refractivity contribution is 0.171. The van der Waals surface area contributed by atoms with Gasteiger partial charge in [-0.2, -0.15) is 5.10 Å². The number of hydrogen-bond donors (Lipinski definition) is 2. The van der Waals surface area contributed by atoms with Gasteiger partial charge >= 0.3 is 0 Å². The first-order valence-electron chi connectivity index (χ1n) is 10.8. The second kappa shape index (κ2) is 8.79. The van der Waals surface area contributed by atoms with Crippen molar-refractivity contribution in [3.63, 3.8) is 0 Å². The topological polar surface area (TPSA) is 69.7 Å². The SMILES string of the molecule is CCN1CCNCC1c1ccc(-c2cc(-c3cn[nH]c3-c3ccccn3)ccn2)cc1. The Bertz CT molecular complexity index is 1140. The Balaban J connectivity index is 1.43. The van der Waals surface area contributed by atoms with Crippen molar-refractivity contribution in [2.75, 3.05) is 26.2 Å². The molecule has 1 aliphatic rings. The molecule has 156 valence electrons. The molecule has 5 rings (SSSR count).